The first-order chi connectivity index (χ1) is 11.6. The van der Waals surface area contributed by atoms with Crippen molar-refractivity contribution >= 4 is 5.91 Å². The second-order valence-corrected chi connectivity index (χ2v) is 6.72. The van der Waals surface area contributed by atoms with Crippen molar-refractivity contribution in [1.82, 2.24) is 24.2 Å². The molecule has 2 N–H and O–H groups in total. The number of aromatic nitrogens is 4. The molecule has 8 nitrogen and oxygen atoms in total. The van der Waals surface area contributed by atoms with E-state index in [0.717, 1.165) is 18.5 Å². The Labute approximate surface area is 139 Å². The molecule has 1 aliphatic carbocycles. The third-order valence-electron chi connectivity index (χ3n) is 4.97. The van der Waals surface area contributed by atoms with Gasteiger partial charge in [-0.15, -0.1) is 0 Å². The second-order valence-electron chi connectivity index (χ2n) is 6.72. The van der Waals surface area contributed by atoms with Gasteiger partial charge in [-0.25, -0.2) is 4.98 Å². The maximum Gasteiger partial charge on any atom is 0.231 e. The molecule has 1 saturated carbocycles. The molecule has 2 aliphatic rings. The van der Waals surface area contributed by atoms with Crippen LogP contribution in [0.4, 0.5) is 0 Å². The Balaban J connectivity index is 1.48. The third kappa shape index (κ3) is 2.61. The highest BCUT2D eigenvalue weighted by atomic mass is 16.3. The van der Waals surface area contributed by atoms with Crippen molar-refractivity contribution in [2.45, 2.75) is 38.6 Å². The highest BCUT2D eigenvalue weighted by molar-refractivity contribution is 5.85. The van der Waals surface area contributed by atoms with E-state index in [9.17, 15) is 9.90 Å². The second kappa shape index (κ2) is 5.71. The number of hydrogen-bond acceptors (Lipinski definition) is 5. The van der Waals surface area contributed by atoms with E-state index in [0.29, 0.717) is 31.9 Å². The van der Waals surface area contributed by atoms with Gasteiger partial charge in [0.25, 0.3) is 0 Å². The minimum absolute atomic E-state index is 0.188. The maximum atomic E-state index is 13.0. The maximum absolute atomic E-state index is 13.0. The van der Waals surface area contributed by atoms with Gasteiger partial charge in [-0.1, -0.05) is 0 Å². The number of aliphatic hydroxyl groups is 2. The summed E-state index contributed by atoms with van der Waals surface area (Å²) in [5, 5.41) is 23.1. The Hall–Kier alpha value is -2.19. The van der Waals surface area contributed by atoms with Gasteiger partial charge in [-0.3, -0.25) is 9.48 Å². The number of fused-ring (bicyclic) bond motifs is 1. The molecule has 0 spiro atoms. The van der Waals surface area contributed by atoms with Crippen molar-refractivity contribution in [1.29, 1.82) is 0 Å². The standard InChI is InChI=1S/C16H21N5O3/c22-9-14(23)13-7-12-8-20(5-6-21(12)18-13)15(24)16(1-2-16)10-19-4-3-17-11-19/h3-4,7,11,14,22-23H,1-2,5-6,8-10H2. The largest absolute Gasteiger partial charge is 0.393 e. The smallest absolute Gasteiger partial charge is 0.231 e. The van der Waals surface area contributed by atoms with Gasteiger partial charge < -0.3 is 19.7 Å². The van der Waals surface area contributed by atoms with E-state index in [-0.39, 0.29) is 17.9 Å². The lowest BCUT2D eigenvalue weighted by Gasteiger charge is -2.31. The lowest BCUT2D eigenvalue weighted by Crippen LogP contribution is -2.43. The first-order valence-corrected chi connectivity index (χ1v) is 8.22. The predicted octanol–water partition coefficient (Wildman–Crippen LogP) is -0.0721. The summed E-state index contributed by atoms with van der Waals surface area (Å²) in [6.45, 7) is 2.05. The summed E-state index contributed by atoms with van der Waals surface area (Å²) >= 11 is 0. The zero-order valence-electron chi connectivity index (χ0n) is 13.4. The first kappa shape index (κ1) is 15.3. The lowest BCUT2D eigenvalue weighted by atomic mass is 10.0. The quantitative estimate of drug-likeness (QED) is 0.799. The summed E-state index contributed by atoms with van der Waals surface area (Å²) in [7, 11) is 0. The van der Waals surface area contributed by atoms with Crippen molar-refractivity contribution in [3.8, 4) is 0 Å². The molecular formula is C16H21N5O3. The molecule has 1 fully saturated rings. The van der Waals surface area contributed by atoms with E-state index in [2.05, 4.69) is 10.1 Å². The van der Waals surface area contributed by atoms with Gasteiger partial charge in [-0.2, -0.15) is 5.10 Å². The number of carbonyl (C=O) groups is 1. The summed E-state index contributed by atoms with van der Waals surface area (Å²) in [6, 6.07) is 1.77. The molecule has 8 heteroatoms. The van der Waals surface area contributed by atoms with Crippen molar-refractivity contribution in [3.05, 3.63) is 36.2 Å². The number of amides is 1. The molecule has 0 aromatic carbocycles. The lowest BCUT2D eigenvalue weighted by molar-refractivity contribution is -0.139. The molecule has 24 heavy (non-hydrogen) atoms. The average molecular weight is 331 g/mol. The topological polar surface area (TPSA) is 96.4 Å². The molecular weight excluding hydrogens is 310 g/mol. The molecule has 2 aromatic heterocycles. The van der Waals surface area contributed by atoms with Crippen LogP contribution in [0.5, 0.6) is 0 Å². The fraction of sp³-hybridized carbons (Fsp3) is 0.562. The molecule has 0 saturated heterocycles. The molecule has 1 amide bonds. The third-order valence-corrected chi connectivity index (χ3v) is 4.97. The summed E-state index contributed by atoms with van der Waals surface area (Å²) in [4.78, 5) is 18.9. The van der Waals surface area contributed by atoms with Gasteiger partial charge >= 0.3 is 0 Å². The summed E-state index contributed by atoms with van der Waals surface area (Å²) < 4.78 is 3.78. The minimum Gasteiger partial charge on any atom is -0.393 e. The fourth-order valence-corrected chi connectivity index (χ4v) is 3.37. The number of hydrogen-bond donors (Lipinski definition) is 2. The zero-order chi connectivity index (χ0) is 16.7. The van der Waals surface area contributed by atoms with Crippen LogP contribution in [0.25, 0.3) is 0 Å². The average Bonchev–Trinajstić information content (AvgIpc) is 3.00. The predicted molar refractivity (Wildman–Crippen MR) is 83.6 cm³/mol. The molecule has 0 bridgehead atoms. The highest BCUT2D eigenvalue weighted by Gasteiger charge is 2.52. The van der Waals surface area contributed by atoms with Crippen LogP contribution in [0.1, 0.15) is 30.3 Å². The van der Waals surface area contributed by atoms with E-state index in [1.807, 2.05) is 20.3 Å². The monoisotopic (exact) mass is 331 g/mol. The summed E-state index contributed by atoms with van der Waals surface area (Å²) in [5.41, 5.74) is 1.06. The van der Waals surface area contributed by atoms with Gasteiger partial charge in [0.05, 0.1) is 42.8 Å². The van der Waals surface area contributed by atoms with E-state index >= 15 is 0 Å². The van der Waals surface area contributed by atoms with Gasteiger partial charge in [0.2, 0.25) is 5.91 Å². The van der Waals surface area contributed by atoms with E-state index < -0.39 is 6.10 Å². The van der Waals surface area contributed by atoms with Crippen molar-refractivity contribution in [2.24, 2.45) is 5.41 Å². The van der Waals surface area contributed by atoms with Crippen molar-refractivity contribution in [2.75, 3.05) is 13.2 Å². The van der Waals surface area contributed by atoms with Crippen LogP contribution in [-0.2, 0) is 24.4 Å². The van der Waals surface area contributed by atoms with Crippen molar-refractivity contribution in [3.63, 3.8) is 0 Å². The van der Waals surface area contributed by atoms with Crippen LogP contribution in [0.3, 0.4) is 0 Å². The molecule has 128 valence electrons. The Morgan fingerprint density at radius 2 is 2.21 bits per heavy atom. The molecule has 1 atom stereocenters. The number of imidazole rings is 1. The summed E-state index contributed by atoms with van der Waals surface area (Å²) in [6.07, 6.45) is 6.22. The fourth-order valence-electron chi connectivity index (χ4n) is 3.37. The molecule has 0 radical (unpaired) electrons. The number of rotatable bonds is 5. The highest BCUT2D eigenvalue weighted by Crippen LogP contribution is 2.49. The number of carbonyl (C=O) groups excluding carboxylic acids is 1. The first-order valence-electron chi connectivity index (χ1n) is 8.22. The number of nitrogens with zero attached hydrogens (tertiary/aromatic N) is 5. The van der Waals surface area contributed by atoms with E-state index in [1.54, 1.807) is 18.6 Å². The van der Waals surface area contributed by atoms with Gasteiger partial charge in [0.1, 0.15) is 6.10 Å². The number of aliphatic hydroxyl groups excluding tert-OH is 2. The van der Waals surface area contributed by atoms with Gasteiger partial charge in [0.15, 0.2) is 0 Å². The van der Waals surface area contributed by atoms with Gasteiger partial charge in [-0.05, 0) is 18.9 Å². The van der Waals surface area contributed by atoms with E-state index in [1.165, 1.54) is 0 Å². The van der Waals surface area contributed by atoms with E-state index in [4.69, 9.17) is 5.11 Å². The van der Waals surface area contributed by atoms with Crippen LogP contribution in [0.2, 0.25) is 0 Å². The Kier molecular flexibility index (Phi) is 3.65. The SMILES string of the molecule is O=C(N1CCn2nc(C(O)CO)cc2C1)C1(Cn2ccnc2)CC1. The summed E-state index contributed by atoms with van der Waals surface area (Å²) in [5.74, 6) is 0.188. The van der Waals surface area contributed by atoms with Crippen molar-refractivity contribution < 1.29 is 15.0 Å². The molecule has 2 aromatic rings. The van der Waals surface area contributed by atoms with Crippen LogP contribution in [-0.4, -0.2) is 53.5 Å². The van der Waals surface area contributed by atoms with Crippen LogP contribution in [0, 0.1) is 5.41 Å². The minimum atomic E-state index is -0.969. The van der Waals surface area contributed by atoms with Crippen LogP contribution in [0.15, 0.2) is 24.8 Å². The Morgan fingerprint density at radius 3 is 2.88 bits per heavy atom. The molecule has 1 unspecified atom stereocenters. The molecule has 4 rings (SSSR count). The molecule has 3 heterocycles. The molecule has 1 aliphatic heterocycles. The Morgan fingerprint density at radius 1 is 1.38 bits per heavy atom. The Bertz CT molecular complexity index is 735. The normalized spacial score (nSPS) is 19.8. The van der Waals surface area contributed by atoms with Crippen LogP contribution < -0.4 is 0 Å². The van der Waals surface area contributed by atoms with Gasteiger partial charge in [0, 0.05) is 25.5 Å². The zero-order valence-corrected chi connectivity index (χ0v) is 13.4. The van der Waals surface area contributed by atoms with Crippen LogP contribution >= 0.6 is 0 Å².